The fraction of sp³-hybridized carbons (Fsp3) is 0.176. The molecule has 1 aromatic carbocycles. The van der Waals surface area contributed by atoms with Crippen molar-refractivity contribution in [3.63, 3.8) is 0 Å². The minimum atomic E-state index is -0.948. The lowest BCUT2D eigenvalue weighted by Gasteiger charge is -2.06. The molecule has 1 unspecified atom stereocenters. The van der Waals surface area contributed by atoms with E-state index in [9.17, 15) is 9.90 Å². The maximum Gasteiger partial charge on any atom is 0.312 e. The van der Waals surface area contributed by atoms with E-state index in [1.165, 1.54) is 6.26 Å². The van der Waals surface area contributed by atoms with Crippen molar-refractivity contribution in [2.24, 2.45) is 0 Å². The van der Waals surface area contributed by atoms with Gasteiger partial charge in [0.2, 0.25) is 5.89 Å². The highest BCUT2D eigenvalue weighted by Crippen LogP contribution is 2.35. The Labute approximate surface area is 137 Å². The molecule has 5 nitrogen and oxygen atoms in total. The predicted octanol–water partition coefficient (Wildman–Crippen LogP) is 4.83. The molecule has 0 amide bonds. The third-order valence-corrected chi connectivity index (χ3v) is 3.78. The van der Waals surface area contributed by atoms with Gasteiger partial charge in [0.15, 0.2) is 11.5 Å². The summed E-state index contributed by atoms with van der Waals surface area (Å²) in [5.41, 5.74) is 1.08. The highest BCUT2D eigenvalue weighted by Gasteiger charge is 2.29. The average molecular weight is 332 g/mol. The average Bonchev–Trinajstić information content (AvgIpc) is 3.17. The number of aliphatic carboxylic acids is 1. The van der Waals surface area contributed by atoms with Crippen LogP contribution in [-0.4, -0.2) is 16.1 Å². The molecule has 0 saturated heterocycles. The molecule has 0 aliphatic carbocycles. The van der Waals surface area contributed by atoms with Gasteiger partial charge in [0, 0.05) is 10.6 Å². The van der Waals surface area contributed by atoms with E-state index in [2.05, 4.69) is 4.98 Å². The lowest BCUT2D eigenvalue weighted by molar-refractivity contribution is -0.138. The third kappa shape index (κ3) is 3.00. The number of benzene rings is 1. The Bertz CT molecular complexity index is 806. The number of nitrogens with zero attached hydrogens (tertiary/aromatic N) is 1. The minimum Gasteiger partial charge on any atom is -0.481 e. The van der Waals surface area contributed by atoms with Crippen molar-refractivity contribution in [1.29, 1.82) is 0 Å². The highest BCUT2D eigenvalue weighted by atomic mass is 35.5. The predicted molar refractivity (Wildman–Crippen MR) is 85.3 cm³/mol. The highest BCUT2D eigenvalue weighted by molar-refractivity contribution is 6.30. The second kappa shape index (κ2) is 6.30. The third-order valence-electron chi connectivity index (χ3n) is 3.53. The van der Waals surface area contributed by atoms with Crippen molar-refractivity contribution in [3.05, 3.63) is 53.4 Å². The van der Waals surface area contributed by atoms with Crippen LogP contribution in [0.4, 0.5) is 0 Å². The molecule has 1 atom stereocenters. The number of hydrogen-bond donors (Lipinski definition) is 1. The van der Waals surface area contributed by atoms with E-state index in [1.54, 1.807) is 43.3 Å². The van der Waals surface area contributed by atoms with Gasteiger partial charge < -0.3 is 13.9 Å². The van der Waals surface area contributed by atoms with Gasteiger partial charge in [-0.3, -0.25) is 4.79 Å². The number of hydrogen-bond acceptors (Lipinski definition) is 4. The van der Waals surface area contributed by atoms with Gasteiger partial charge in [-0.05, 0) is 42.8 Å². The van der Waals surface area contributed by atoms with Gasteiger partial charge in [0.1, 0.15) is 11.6 Å². The summed E-state index contributed by atoms with van der Waals surface area (Å²) >= 11 is 5.89. The Morgan fingerprint density at radius 1 is 1.30 bits per heavy atom. The Morgan fingerprint density at radius 3 is 2.61 bits per heavy atom. The van der Waals surface area contributed by atoms with Crippen molar-refractivity contribution < 1.29 is 18.7 Å². The zero-order valence-electron chi connectivity index (χ0n) is 12.3. The second-order valence-electron chi connectivity index (χ2n) is 5.02. The largest absolute Gasteiger partial charge is 0.481 e. The van der Waals surface area contributed by atoms with E-state index in [-0.39, 0.29) is 0 Å². The van der Waals surface area contributed by atoms with Crippen LogP contribution < -0.4 is 0 Å². The van der Waals surface area contributed by atoms with Crippen LogP contribution in [0, 0.1) is 0 Å². The van der Waals surface area contributed by atoms with E-state index < -0.39 is 11.9 Å². The Kier molecular flexibility index (Phi) is 4.21. The van der Waals surface area contributed by atoms with Gasteiger partial charge in [0.05, 0.1) is 6.26 Å². The van der Waals surface area contributed by atoms with Crippen LogP contribution in [0.1, 0.15) is 25.0 Å². The maximum atomic E-state index is 11.5. The van der Waals surface area contributed by atoms with Gasteiger partial charge >= 0.3 is 5.97 Å². The molecule has 0 aliphatic heterocycles. The SMILES string of the molecule is CCC(C(=O)O)c1nc(-c2ccc(Cl)cc2)oc1-c1ccco1. The fourth-order valence-electron chi connectivity index (χ4n) is 2.35. The van der Waals surface area contributed by atoms with Gasteiger partial charge in [-0.2, -0.15) is 0 Å². The summed E-state index contributed by atoms with van der Waals surface area (Å²) in [5.74, 6) is -0.583. The number of furan rings is 1. The summed E-state index contributed by atoms with van der Waals surface area (Å²) < 4.78 is 11.2. The molecule has 0 saturated carbocycles. The first-order chi connectivity index (χ1) is 11.1. The molecule has 118 valence electrons. The van der Waals surface area contributed by atoms with E-state index in [0.29, 0.717) is 40.1 Å². The van der Waals surface area contributed by atoms with Crippen molar-refractivity contribution in [1.82, 2.24) is 4.98 Å². The first-order valence-corrected chi connectivity index (χ1v) is 7.51. The van der Waals surface area contributed by atoms with Crippen LogP contribution in [0.5, 0.6) is 0 Å². The molecule has 6 heteroatoms. The molecule has 0 radical (unpaired) electrons. The second-order valence-corrected chi connectivity index (χ2v) is 5.45. The van der Waals surface area contributed by atoms with Crippen molar-refractivity contribution >= 4 is 17.6 Å². The normalized spacial score (nSPS) is 12.3. The summed E-state index contributed by atoms with van der Waals surface area (Å²) in [6.07, 6.45) is 1.90. The molecule has 0 bridgehead atoms. The van der Waals surface area contributed by atoms with E-state index in [1.807, 2.05) is 0 Å². The molecule has 3 rings (SSSR count). The Hall–Kier alpha value is -2.53. The fourth-order valence-corrected chi connectivity index (χ4v) is 2.48. The van der Waals surface area contributed by atoms with Crippen molar-refractivity contribution in [2.45, 2.75) is 19.3 Å². The summed E-state index contributed by atoms with van der Waals surface area (Å²) in [6, 6.07) is 10.4. The molecule has 2 aromatic heterocycles. The van der Waals surface area contributed by atoms with Gasteiger partial charge in [-0.1, -0.05) is 18.5 Å². The van der Waals surface area contributed by atoms with Gasteiger partial charge in [0.25, 0.3) is 0 Å². The van der Waals surface area contributed by atoms with Crippen LogP contribution in [-0.2, 0) is 4.79 Å². The number of oxazole rings is 1. The quantitative estimate of drug-likeness (QED) is 0.724. The first kappa shape index (κ1) is 15.4. The van der Waals surface area contributed by atoms with Crippen LogP contribution >= 0.6 is 11.6 Å². The van der Waals surface area contributed by atoms with Crippen molar-refractivity contribution in [2.75, 3.05) is 0 Å². The number of carbonyl (C=O) groups is 1. The van der Waals surface area contributed by atoms with E-state index >= 15 is 0 Å². The number of carboxylic acid groups (broad SMARTS) is 1. The monoisotopic (exact) mass is 331 g/mol. The van der Waals surface area contributed by atoms with Crippen LogP contribution in [0.2, 0.25) is 5.02 Å². The number of carboxylic acids is 1. The standard InChI is InChI=1S/C17H14ClNO4/c1-2-12(17(20)21)14-15(13-4-3-9-22-13)23-16(19-14)10-5-7-11(18)8-6-10/h3-9,12H,2H2,1H3,(H,20,21). The molecule has 2 heterocycles. The molecule has 0 aliphatic rings. The Morgan fingerprint density at radius 2 is 2.04 bits per heavy atom. The Balaban J connectivity index is 2.13. The molecule has 3 aromatic rings. The van der Waals surface area contributed by atoms with Crippen molar-refractivity contribution in [3.8, 4) is 23.0 Å². The molecule has 1 N–H and O–H groups in total. The number of halogens is 1. The molecular weight excluding hydrogens is 318 g/mol. The maximum absolute atomic E-state index is 11.5. The van der Waals surface area contributed by atoms with Gasteiger partial charge in [-0.15, -0.1) is 0 Å². The van der Waals surface area contributed by atoms with Gasteiger partial charge in [-0.25, -0.2) is 4.98 Å². The number of rotatable bonds is 5. The summed E-state index contributed by atoms with van der Waals surface area (Å²) in [4.78, 5) is 15.9. The number of aromatic nitrogens is 1. The molecule has 23 heavy (non-hydrogen) atoms. The molecule has 0 spiro atoms. The van der Waals surface area contributed by atoms with E-state index in [0.717, 1.165) is 0 Å². The summed E-state index contributed by atoms with van der Waals surface area (Å²) in [5, 5.41) is 10.0. The summed E-state index contributed by atoms with van der Waals surface area (Å²) in [7, 11) is 0. The lowest BCUT2D eigenvalue weighted by Crippen LogP contribution is -2.11. The molecular formula is C17H14ClNO4. The minimum absolute atomic E-state index is 0.336. The summed E-state index contributed by atoms with van der Waals surface area (Å²) in [6.45, 7) is 1.79. The zero-order chi connectivity index (χ0) is 16.4. The van der Waals surface area contributed by atoms with Crippen LogP contribution in [0.15, 0.2) is 51.5 Å². The van der Waals surface area contributed by atoms with E-state index in [4.69, 9.17) is 20.4 Å². The zero-order valence-corrected chi connectivity index (χ0v) is 13.1. The van der Waals surface area contributed by atoms with Crippen LogP contribution in [0.3, 0.4) is 0 Å². The lowest BCUT2D eigenvalue weighted by atomic mass is 10.0. The van der Waals surface area contributed by atoms with Crippen LogP contribution in [0.25, 0.3) is 23.0 Å². The topological polar surface area (TPSA) is 76.5 Å². The smallest absolute Gasteiger partial charge is 0.312 e. The first-order valence-electron chi connectivity index (χ1n) is 7.13. The molecule has 0 fully saturated rings.